The highest BCUT2D eigenvalue weighted by atomic mass is 35.5. The number of halogens is 1. The van der Waals surface area contributed by atoms with Crippen molar-refractivity contribution in [2.24, 2.45) is 5.10 Å². The van der Waals surface area contributed by atoms with E-state index in [4.69, 9.17) is 20.8 Å². The van der Waals surface area contributed by atoms with Crippen molar-refractivity contribution in [3.8, 4) is 17.1 Å². The van der Waals surface area contributed by atoms with Gasteiger partial charge in [0.1, 0.15) is 17.3 Å². The lowest BCUT2D eigenvalue weighted by molar-refractivity contribution is -0.384. The molecule has 1 aromatic heterocycles. The number of furan rings is 1. The van der Waals surface area contributed by atoms with E-state index in [0.29, 0.717) is 27.9 Å². The molecular formula is C21H18ClN3O5. The summed E-state index contributed by atoms with van der Waals surface area (Å²) in [5.74, 6) is 0.732. The molecule has 154 valence electrons. The van der Waals surface area contributed by atoms with Crippen LogP contribution in [0.1, 0.15) is 16.9 Å². The van der Waals surface area contributed by atoms with Gasteiger partial charge in [-0.1, -0.05) is 23.7 Å². The Bertz CT molecular complexity index is 1100. The largest absolute Gasteiger partial charge is 0.484 e. The van der Waals surface area contributed by atoms with E-state index in [0.717, 1.165) is 11.1 Å². The Morgan fingerprint density at radius 1 is 1.23 bits per heavy atom. The number of hydrazone groups is 1. The van der Waals surface area contributed by atoms with E-state index in [-0.39, 0.29) is 12.3 Å². The van der Waals surface area contributed by atoms with Crippen LogP contribution in [0.2, 0.25) is 5.02 Å². The van der Waals surface area contributed by atoms with Crippen LogP contribution in [0.25, 0.3) is 11.3 Å². The summed E-state index contributed by atoms with van der Waals surface area (Å²) in [6.45, 7) is 3.49. The third-order valence-corrected chi connectivity index (χ3v) is 4.75. The monoisotopic (exact) mass is 427 g/mol. The number of para-hydroxylation sites is 1. The molecule has 1 amide bonds. The molecule has 0 aliphatic carbocycles. The van der Waals surface area contributed by atoms with E-state index >= 15 is 0 Å². The number of nitro groups is 1. The molecule has 0 radical (unpaired) electrons. The van der Waals surface area contributed by atoms with Crippen molar-refractivity contribution in [2.75, 3.05) is 6.61 Å². The fourth-order valence-corrected chi connectivity index (χ4v) is 2.86. The molecule has 0 atom stereocenters. The van der Waals surface area contributed by atoms with E-state index in [9.17, 15) is 14.9 Å². The Hall–Kier alpha value is -3.65. The summed E-state index contributed by atoms with van der Waals surface area (Å²) in [5.41, 5.74) is 4.34. The van der Waals surface area contributed by atoms with Crippen LogP contribution in [0.3, 0.4) is 0 Å². The molecule has 9 heteroatoms. The van der Waals surface area contributed by atoms with Crippen LogP contribution in [-0.4, -0.2) is 23.7 Å². The molecule has 8 nitrogen and oxygen atoms in total. The maximum atomic E-state index is 11.9. The Morgan fingerprint density at radius 2 is 1.93 bits per heavy atom. The number of carbonyl (C=O) groups excluding carboxylic acids is 1. The molecule has 1 N–H and O–H groups in total. The van der Waals surface area contributed by atoms with Gasteiger partial charge in [0.15, 0.2) is 6.61 Å². The zero-order valence-corrected chi connectivity index (χ0v) is 17.0. The number of hydrogen-bond donors (Lipinski definition) is 1. The van der Waals surface area contributed by atoms with Gasteiger partial charge in [-0.25, -0.2) is 5.43 Å². The standard InChI is InChI=1S/C21H18ClN3O5/c1-13-9-16(10-14(2)21(13)22)29-12-20(26)24-23-11-15-7-8-19(30-15)17-5-3-4-6-18(17)25(27)28/h3-11H,12H2,1-2H3,(H,24,26)/b23-11+. The van der Waals surface area contributed by atoms with Crippen molar-refractivity contribution >= 4 is 29.4 Å². The summed E-state index contributed by atoms with van der Waals surface area (Å²) in [4.78, 5) is 22.6. The average molecular weight is 428 g/mol. The molecule has 2 aromatic carbocycles. The summed E-state index contributed by atoms with van der Waals surface area (Å²) in [5, 5.41) is 15.6. The maximum Gasteiger partial charge on any atom is 0.280 e. The first-order chi connectivity index (χ1) is 14.3. The number of amides is 1. The average Bonchev–Trinajstić information content (AvgIpc) is 3.19. The Labute approximate surface area is 177 Å². The van der Waals surface area contributed by atoms with Gasteiger partial charge in [0.25, 0.3) is 11.6 Å². The van der Waals surface area contributed by atoms with Gasteiger partial charge in [0.05, 0.1) is 16.7 Å². The summed E-state index contributed by atoms with van der Waals surface area (Å²) in [6, 6.07) is 12.9. The van der Waals surface area contributed by atoms with Crippen molar-refractivity contribution in [1.82, 2.24) is 5.43 Å². The molecule has 0 aliphatic heterocycles. The van der Waals surface area contributed by atoms with Crippen LogP contribution >= 0.6 is 11.6 Å². The Balaban J connectivity index is 1.57. The van der Waals surface area contributed by atoms with E-state index in [1.807, 2.05) is 13.8 Å². The zero-order chi connectivity index (χ0) is 21.7. The number of nitro benzene ring substituents is 1. The van der Waals surface area contributed by atoms with Gasteiger partial charge in [-0.2, -0.15) is 5.10 Å². The lowest BCUT2D eigenvalue weighted by Gasteiger charge is -2.09. The number of ether oxygens (including phenoxy) is 1. The van der Waals surface area contributed by atoms with Gasteiger partial charge < -0.3 is 9.15 Å². The number of nitrogens with one attached hydrogen (secondary N) is 1. The number of carbonyl (C=O) groups is 1. The minimum atomic E-state index is -0.477. The first-order valence-corrected chi connectivity index (χ1v) is 9.28. The molecule has 0 saturated heterocycles. The van der Waals surface area contributed by atoms with E-state index < -0.39 is 10.8 Å². The van der Waals surface area contributed by atoms with Crippen LogP contribution in [0.15, 0.2) is 58.0 Å². The second-order valence-electron chi connectivity index (χ2n) is 6.43. The molecule has 3 aromatic rings. The first kappa shape index (κ1) is 21.1. The Morgan fingerprint density at radius 3 is 2.63 bits per heavy atom. The van der Waals surface area contributed by atoms with Crippen LogP contribution in [0.4, 0.5) is 5.69 Å². The van der Waals surface area contributed by atoms with Crippen molar-refractivity contribution in [2.45, 2.75) is 13.8 Å². The minimum Gasteiger partial charge on any atom is -0.484 e. The quantitative estimate of drug-likeness (QED) is 0.335. The topological polar surface area (TPSA) is 107 Å². The molecule has 0 spiro atoms. The van der Waals surface area contributed by atoms with Crippen LogP contribution in [0.5, 0.6) is 5.75 Å². The van der Waals surface area contributed by atoms with Crippen molar-refractivity contribution in [3.05, 3.63) is 80.6 Å². The van der Waals surface area contributed by atoms with Gasteiger partial charge >= 0.3 is 0 Å². The fraction of sp³-hybridized carbons (Fsp3) is 0.143. The molecular weight excluding hydrogens is 410 g/mol. The molecule has 1 heterocycles. The Kier molecular flexibility index (Phi) is 6.48. The maximum absolute atomic E-state index is 11.9. The third-order valence-electron chi connectivity index (χ3n) is 4.15. The number of nitrogens with zero attached hydrogens (tertiary/aromatic N) is 2. The molecule has 0 unspecified atom stereocenters. The highest BCUT2D eigenvalue weighted by molar-refractivity contribution is 6.32. The molecule has 0 saturated carbocycles. The van der Waals surface area contributed by atoms with Gasteiger partial charge in [-0.15, -0.1) is 0 Å². The second-order valence-corrected chi connectivity index (χ2v) is 6.81. The summed E-state index contributed by atoms with van der Waals surface area (Å²) in [7, 11) is 0. The number of aryl methyl sites for hydroxylation is 2. The van der Waals surface area contributed by atoms with Crippen LogP contribution < -0.4 is 10.2 Å². The summed E-state index contributed by atoms with van der Waals surface area (Å²) >= 11 is 6.11. The van der Waals surface area contributed by atoms with E-state index in [2.05, 4.69) is 10.5 Å². The zero-order valence-electron chi connectivity index (χ0n) is 16.2. The molecule has 0 aliphatic rings. The lowest BCUT2D eigenvalue weighted by atomic mass is 10.1. The SMILES string of the molecule is Cc1cc(OCC(=O)N/N=C/c2ccc(-c3ccccc3[N+](=O)[O-])o2)cc(C)c1Cl. The van der Waals surface area contributed by atoms with Crippen molar-refractivity contribution < 1.29 is 18.9 Å². The van der Waals surface area contributed by atoms with Gasteiger partial charge in [-0.05, 0) is 55.3 Å². The smallest absolute Gasteiger partial charge is 0.280 e. The molecule has 0 bridgehead atoms. The van der Waals surface area contributed by atoms with E-state index in [1.54, 1.807) is 42.5 Å². The van der Waals surface area contributed by atoms with Crippen molar-refractivity contribution in [3.63, 3.8) is 0 Å². The van der Waals surface area contributed by atoms with Crippen LogP contribution in [0, 0.1) is 24.0 Å². The predicted molar refractivity (Wildman–Crippen MR) is 113 cm³/mol. The number of benzene rings is 2. The van der Waals surface area contributed by atoms with E-state index in [1.165, 1.54) is 12.3 Å². The minimum absolute atomic E-state index is 0.0616. The van der Waals surface area contributed by atoms with Crippen molar-refractivity contribution in [1.29, 1.82) is 0 Å². The van der Waals surface area contributed by atoms with Crippen LogP contribution in [-0.2, 0) is 4.79 Å². The summed E-state index contributed by atoms with van der Waals surface area (Å²) in [6.07, 6.45) is 1.30. The predicted octanol–water partition coefficient (Wildman–Crippen LogP) is 4.65. The third kappa shape index (κ3) is 5.03. The number of hydrogen-bond acceptors (Lipinski definition) is 6. The number of rotatable bonds is 7. The molecule has 0 fully saturated rings. The normalized spacial score (nSPS) is 10.9. The highest BCUT2D eigenvalue weighted by Crippen LogP contribution is 2.30. The fourth-order valence-electron chi connectivity index (χ4n) is 2.75. The lowest BCUT2D eigenvalue weighted by Crippen LogP contribution is -2.24. The van der Waals surface area contributed by atoms with Gasteiger partial charge in [0, 0.05) is 11.1 Å². The summed E-state index contributed by atoms with van der Waals surface area (Å²) < 4.78 is 11.0. The molecule has 30 heavy (non-hydrogen) atoms. The second kappa shape index (κ2) is 9.23. The molecule has 3 rings (SSSR count). The highest BCUT2D eigenvalue weighted by Gasteiger charge is 2.16. The van der Waals surface area contributed by atoms with Gasteiger partial charge in [0.2, 0.25) is 0 Å². The van der Waals surface area contributed by atoms with Gasteiger partial charge in [-0.3, -0.25) is 14.9 Å². The first-order valence-electron chi connectivity index (χ1n) is 8.90.